The van der Waals surface area contributed by atoms with E-state index in [1.54, 1.807) is 6.07 Å². The number of carbonyl (C=O) groups is 1. The highest BCUT2D eigenvalue weighted by Gasteiger charge is 2.31. The number of hydrogen-bond donors (Lipinski definition) is 1. The monoisotopic (exact) mass is 259 g/mol. The zero-order valence-electron chi connectivity index (χ0n) is 11.4. The quantitative estimate of drug-likeness (QED) is 0.885. The molecule has 2 atom stereocenters. The van der Waals surface area contributed by atoms with Crippen LogP contribution in [0.4, 0.5) is 5.69 Å². The van der Waals surface area contributed by atoms with Gasteiger partial charge in [-0.25, -0.2) is 4.79 Å². The highest BCUT2D eigenvalue weighted by atomic mass is 16.4. The number of fused-ring (bicyclic) bond motifs is 1. The SMILES string of the molecule is CC1CCC(N2CCCc3c(C(=O)O)cccc32)C1. The number of nitrogens with zero attached hydrogens (tertiary/aromatic N) is 1. The predicted molar refractivity (Wildman–Crippen MR) is 75.9 cm³/mol. The second kappa shape index (κ2) is 4.87. The fraction of sp³-hybridized carbons (Fsp3) is 0.562. The Morgan fingerprint density at radius 2 is 2.21 bits per heavy atom. The minimum absolute atomic E-state index is 0.494. The molecular weight excluding hydrogens is 238 g/mol. The Hall–Kier alpha value is -1.51. The van der Waals surface area contributed by atoms with Crippen molar-refractivity contribution in [3.05, 3.63) is 29.3 Å². The first-order valence-electron chi connectivity index (χ1n) is 7.28. The molecule has 1 aliphatic heterocycles. The van der Waals surface area contributed by atoms with Crippen LogP contribution in [-0.2, 0) is 6.42 Å². The van der Waals surface area contributed by atoms with Gasteiger partial charge in [0.1, 0.15) is 0 Å². The maximum Gasteiger partial charge on any atom is 0.336 e. The first-order chi connectivity index (χ1) is 9.16. The van der Waals surface area contributed by atoms with Gasteiger partial charge < -0.3 is 10.0 Å². The van der Waals surface area contributed by atoms with Gasteiger partial charge in [0.25, 0.3) is 0 Å². The van der Waals surface area contributed by atoms with Crippen LogP contribution in [0.15, 0.2) is 18.2 Å². The summed E-state index contributed by atoms with van der Waals surface area (Å²) < 4.78 is 0. The van der Waals surface area contributed by atoms with Crippen LogP contribution >= 0.6 is 0 Å². The molecule has 0 bridgehead atoms. The van der Waals surface area contributed by atoms with Crippen molar-refractivity contribution in [2.75, 3.05) is 11.4 Å². The second-order valence-corrected chi connectivity index (χ2v) is 5.98. The first-order valence-corrected chi connectivity index (χ1v) is 7.28. The average Bonchev–Trinajstić information content (AvgIpc) is 2.83. The third-order valence-corrected chi connectivity index (χ3v) is 4.62. The number of aromatic carboxylic acids is 1. The summed E-state index contributed by atoms with van der Waals surface area (Å²) in [6.07, 6.45) is 5.77. The molecule has 102 valence electrons. The Labute approximate surface area is 114 Å². The maximum atomic E-state index is 11.3. The lowest BCUT2D eigenvalue weighted by Gasteiger charge is -2.37. The van der Waals surface area contributed by atoms with Crippen molar-refractivity contribution in [2.24, 2.45) is 5.92 Å². The summed E-state index contributed by atoms with van der Waals surface area (Å²) >= 11 is 0. The molecule has 1 N–H and O–H groups in total. The molecule has 3 heteroatoms. The molecule has 1 fully saturated rings. The van der Waals surface area contributed by atoms with Crippen molar-refractivity contribution in [3.8, 4) is 0 Å². The van der Waals surface area contributed by atoms with Crippen molar-refractivity contribution in [3.63, 3.8) is 0 Å². The van der Waals surface area contributed by atoms with Crippen molar-refractivity contribution < 1.29 is 9.90 Å². The predicted octanol–water partition coefficient (Wildman–Crippen LogP) is 3.33. The van der Waals surface area contributed by atoms with Gasteiger partial charge in [-0.2, -0.15) is 0 Å². The van der Waals surface area contributed by atoms with Crippen molar-refractivity contribution in [2.45, 2.75) is 45.1 Å². The normalized spacial score (nSPS) is 26.3. The van der Waals surface area contributed by atoms with Gasteiger partial charge in [0.2, 0.25) is 0 Å². The fourth-order valence-corrected chi connectivity index (χ4v) is 3.69. The summed E-state index contributed by atoms with van der Waals surface area (Å²) in [5.41, 5.74) is 2.71. The van der Waals surface area contributed by atoms with Crippen LogP contribution in [0.3, 0.4) is 0 Å². The zero-order chi connectivity index (χ0) is 13.4. The summed E-state index contributed by atoms with van der Waals surface area (Å²) in [7, 11) is 0. The number of anilines is 1. The topological polar surface area (TPSA) is 40.5 Å². The lowest BCUT2D eigenvalue weighted by atomic mass is 9.94. The van der Waals surface area contributed by atoms with Gasteiger partial charge in [-0.1, -0.05) is 13.0 Å². The van der Waals surface area contributed by atoms with Crippen LogP contribution in [-0.4, -0.2) is 23.7 Å². The summed E-state index contributed by atoms with van der Waals surface area (Å²) in [5.74, 6) is 0.0107. The molecule has 3 rings (SSSR count). The van der Waals surface area contributed by atoms with Crippen LogP contribution in [0.2, 0.25) is 0 Å². The third kappa shape index (κ3) is 2.22. The molecule has 1 aromatic carbocycles. The van der Waals surface area contributed by atoms with Crippen LogP contribution in [0.5, 0.6) is 0 Å². The molecule has 2 unspecified atom stereocenters. The second-order valence-electron chi connectivity index (χ2n) is 5.98. The number of carboxylic acid groups (broad SMARTS) is 1. The van der Waals surface area contributed by atoms with Gasteiger partial charge >= 0.3 is 5.97 Å². The minimum atomic E-state index is -0.793. The standard InChI is InChI=1S/C16H21NO2/c1-11-7-8-12(10-11)17-9-3-5-13-14(16(18)19)4-2-6-15(13)17/h2,4,6,11-12H,3,5,7-10H2,1H3,(H,18,19). The molecule has 0 radical (unpaired) electrons. The maximum absolute atomic E-state index is 11.3. The molecule has 2 aliphatic rings. The van der Waals surface area contributed by atoms with Crippen LogP contribution < -0.4 is 4.90 Å². The van der Waals surface area contributed by atoms with E-state index in [9.17, 15) is 9.90 Å². The van der Waals surface area contributed by atoms with E-state index in [0.29, 0.717) is 11.6 Å². The Bertz CT molecular complexity index is 498. The fourth-order valence-electron chi connectivity index (χ4n) is 3.69. The van der Waals surface area contributed by atoms with Gasteiger partial charge in [0.15, 0.2) is 0 Å². The highest BCUT2D eigenvalue weighted by molar-refractivity contribution is 5.91. The molecule has 1 aliphatic carbocycles. The van der Waals surface area contributed by atoms with Gasteiger partial charge in [-0.15, -0.1) is 0 Å². The molecule has 1 aromatic rings. The van der Waals surface area contributed by atoms with Crippen molar-refractivity contribution >= 4 is 11.7 Å². The van der Waals surface area contributed by atoms with Crippen molar-refractivity contribution in [1.29, 1.82) is 0 Å². The molecule has 1 heterocycles. The summed E-state index contributed by atoms with van der Waals surface area (Å²) in [6, 6.07) is 6.34. The van der Waals surface area contributed by atoms with E-state index >= 15 is 0 Å². The molecule has 1 saturated carbocycles. The number of benzene rings is 1. The Morgan fingerprint density at radius 1 is 1.37 bits per heavy atom. The average molecular weight is 259 g/mol. The number of carboxylic acids is 1. The molecule has 19 heavy (non-hydrogen) atoms. The molecule has 0 aromatic heterocycles. The van der Waals surface area contributed by atoms with Crippen molar-refractivity contribution in [1.82, 2.24) is 0 Å². The van der Waals surface area contributed by atoms with E-state index in [-0.39, 0.29) is 0 Å². The van der Waals surface area contributed by atoms with E-state index < -0.39 is 5.97 Å². The lowest BCUT2D eigenvalue weighted by molar-refractivity contribution is 0.0695. The van der Waals surface area contributed by atoms with Crippen LogP contribution in [0, 0.1) is 5.92 Å². The Morgan fingerprint density at radius 3 is 2.89 bits per heavy atom. The first kappa shape index (κ1) is 12.5. The van der Waals surface area contributed by atoms with Gasteiger partial charge in [0.05, 0.1) is 5.56 Å². The highest BCUT2D eigenvalue weighted by Crippen LogP contribution is 2.37. The van der Waals surface area contributed by atoms with Crippen LogP contribution in [0.25, 0.3) is 0 Å². The van der Waals surface area contributed by atoms with Gasteiger partial charge in [-0.05, 0) is 55.7 Å². The Balaban J connectivity index is 1.96. The van der Waals surface area contributed by atoms with E-state index in [1.165, 1.54) is 24.9 Å². The number of hydrogen-bond acceptors (Lipinski definition) is 2. The third-order valence-electron chi connectivity index (χ3n) is 4.62. The summed E-state index contributed by atoms with van der Waals surface area (Å²) in [6.45, 7) is 3.39. The van der Waals surface area contributed by atoms with Gasteiger partial charge in [0, 0.05) is 18.3 Å². The molecule has 0 saturated heterocycles. The summed E-state index contributed by atoms with van der Waals surface area (Å²) in [4.78, 5) is 13.8. The summed E-state index contributed by atoms with van der Waals surface area (Å²) in [5, 5.41) is 9.32. The largest absolute Gasteiger partial charge is 0.478 e. The molecule has 0 amide bonds. The van der Waals surface area contributed by atoms with E-state index in [4.69, 9.17) is 0 Å². The zero-order valence-corrected chi connectivity index (χ0v) is 11.4. The number of rotatable bonds is 2. The van der Waals surface area contributed by atoms with Crippen LogP contribution in [0.1, 0.15) is 48.5 Å². The van der Waals surface area contributed by atoms with E-state index in [0.717, 1.165) is 30.9 Å². The molecular formula is C16H21NO2. The molecule has 3 nitrogen and oxygen atoms in total. The van der Waals surface area contributed by atoms with Gasteiger partial charge in [-0.3, -0.25) is 0 Å². The Kier molecular flexibility index (Phi) is 3.21. The van der Waals surface area contributed by atoms with E-state index in [1.807, 2.05) is 6.07 Å². The lowest BCUT2D eigenvalue weighted by Crippen LogP contribution is -2.38. The smallest absolute Gasteiger partial charge is 0.336 e. The molecule has 0 spiro atoms. The minimum Gasteiger partial charge on any atom is -0.478 e. The van der Waals surface area contributed by atoms with E-state index in [2.05, 4.69) is 17.9 Å².